The second-order valence-corrected chi connectivity index (χ2v) is 14.8. The van der Waals surface area contributed by atoms with Gasteiger partial charge in [-0.1, -0.05) is 34.9 Å². The highest BCUT2D eigenvalue weighted by Crippen LogP contribution is 2.52. The molecule has 10 heteroatoms. The molecule has 0 fully saturated rings. The first kappa shape index (κ1) is 30.1. The number of Topliss-reactive ketones (excluding diaryl/α,β-unsaturated/α-hetero) is 2. The van der Waals surface area contributed by atoms with Crippen LogP contribution in [0.1, 0.15) is 80.0 Å². The molecular weight excluding hydrogens is 581 g/mol. The first-order chi connectivity index (χ1) is 20.9. The molecule has 0 saturated carbocycles. The Morgan fingerprint density at radius 2 is 2.09 bits per heavy atom. The molecule has 1 aliphatic carbocycles. The highest BCUT2D eigenvalue weighted by molar-refractivity contribution is 8.77. The summed E-state index contributed by atoms with van der Waals surface area (Å²) in [7, 11) is 5.41. The van der Waals surface area contributed by atoms with Gasteiger partial charge in [0, 0.05) is 36.4 Å². The van der Waals surface area contributed by atoms with E-state index in [0.717, 1.165) is 67.3 Å². The number of hydrogen-bond donors (Lipinski definition) is 4. The zero-order valence-corrected chi connectivity index (χ0v) is 26.5. The van der Waals surface area contributed by atoms with Crippen LogP contribution in [-0.4, -0.2) is 54.3 Å². The summed E-state index contributed by atoms with van der Waals surface area (Å²) < 4.78 is 5.29. The normalized spacial score (nSPS) is 27.4. The number of quaternary nitrogens is 1. The van der Waals surface area contributed by atoms with Crippen molar-refractivity contribution in [1.29, 1.82) is 0 Å². The molecule has 4 heterocycles. The molecule has 1 unspecified atom stereocenters. The molecule has 0 spiro atoms. The van der Waals surface area contributed by atoms with Crippen molar-refractivity contribution in [1.82, 2.24) is 10.3 Å². The first-order valence-corrected chi connectivity index (χ1v) is 17.7. The molecule has 4 atom stereocenters. The molecule has 1 aromatic carbocycles. The van der Waals surface area contributed by atoms with Gasteiger partial charge in [-0.25, -0.2) is 4.98 Å². The SMILES string of the molecule is CC[C@H]1CCC(=O)CC(=O)C2=Cc3cc(OC)c(O)cc3[C@@H](CC2)c2cnc3c(c2)[C@](C[NH+]2C=CNC2)(CCN3)SSC1. The summed E-state index contributed by atoms with van der Waals surface area (Å²) in [6.45, 7) is 4.85. The summed E-state index contributed by atoms with van der Waals surface area (Å²) in [5.41, 5.74) is 4.73. The van der Waals surface area contributed by atoms with Crippen molar-refractivity contribution >= 4 is 45.0 Å². The number of allylic oxidation sites excluding steroid dienone is 1. The van der Waals surface area contributed by atoms with Gasteiger partial charge in [-0.05, 0) is 78.1 Å². The number of benzene rings is 1. The molecule has 4 aliphatic rings. The van der Waals surface area contributed by atoms with Crippen molar-refractivity contribution in [3.8, 4) is 11.5 Å². The van der Waals surface area contributed by atoms with E-state index in [2.05, 4.69) is 29.8 Å². The van der Waals surface area contributed by atoms with Crippen LogP contribution in [-0.2, 0) is 14.3 Å². The fraction of sp³-hybridized carbons (Fsp3) is 0.485. The standard InChI is InChI=1S/C33H40N4O4S2/c1-3-21-4-6-25(38)15-29(39)22-5-7-26(27-16-30(40)31(41-2)14-23(27)12-22)24-13-28-32(36-17-24)35-9-8-33(28,43-42-18-21)19-37-11-10-34-20-37/h10-14,16-17,21,26,34,40H,3-9,15,18-20H2,1-2H3,(H,35,36)/p+1/t21-,26-,33+/m0/s1. The Balaban J connectivity index is 1.48. The van der Waals surface area contributed by atoms with E-state index < -0.39 is 0 Å². The lowest BCUT2D eigenvalue weighted by Crippen LogP contribution is -3.09. The third-order valence-corrected chi connectivity index (χ3v) is 12.7. The number of rotatable bonds is 4. The quantitative estimate of drug-likeness (QED) is 0.284. The molecular formula is C33H41N4O4S2+. The number of pyridine rings is 1. The number of phenols is 1. The fourth-order valence-corrected chi connectivity index (χ4v) is 10.5. The number of ketones is 2. The molecule has 8 nitrogen and oxygen atoms in total. The van der Waals surface area contributed by atoms with Crippen molar-refractivity contribution in [3.05, 3.63) is 64.6 Å². The van der Waals surface area contributed by atoms with E-state index >= 15 is 0 Å². The second kappa shape index (κ2) is 13.0. The van der Waals surface area contributed by atoms with E-state index in [1.165, 1.54) is 17.6 Å². The number of carbonyl (C=O) groups is 2. The molecule has 228 valence electrons. The van der Waals surface area contributed by atoms with E-state index in [1.807, 2.05) is 46.1 Å². The van der Waals surface area contributed by atoms with E-state index in [1.54, 1.807) is 6.07 Å². The molecule has 4 bridgehead atoms. The van der Waals surface area contributed by atoms with Crippen molar-refractivity contribution in [2.45, 2.75) is 62.5 Å². The Kier molecular flexibility index (Phi) is 9.07. The Labute approximate surface area is 261 Å². The smallest absolute Gasteiger partial charge is 0.166 e. The van der Waals surface area contributed by atoms with Crippen molar-refractivity contribution in [2.24, 2.45) is 5.92 Å². The van der Waals surface area contributed by atoms with Crippen LogP contribution < -0.4 is 20.3 Å². The molecule has 0 radical (unpaired) electrons. The molecule has 0 amide bonds. The Hall–Kier alpha value is -2.95. The van der Waals surface area contributed by atoms with Crippen LogP contribution in [0.3, 0.4) is 0 Å². The predicted molar refractivity (Wildman–Crippen MR) is 173 cm³/mol. The maximum Gasteiger partial charge on any atom is 0.166 e. The number of fused-ring (bicyclic) bond motifs is 7. The number of carbonyl (C=O) groups excluding carboxylic acids is 2. The van der Waals surface area contributed by atoms with E-state index in [-0.39, 0.29) is 34.4 Å². The Bertz CT molecular complexity index is 1460. The van der Waals surface area contributed by atoms with Gasteiger partial charge in [0.05, 0.1) is 19.7 Å². The largest absolute Gasteiger partial charge is 0.504 e. The summed E-state index contributed by atoms with van der Waals surface area (Å²) in [5.74, 6) is 2.59. The molecule has 3 aliphatic heterocycles. The summed E-state index contributed by atoms with van der Waals surface area (Å²) in [6, 6.07) is 5.91. The Morgan fingerprint density at radius 1 is 1.21 bits per heavy atom. The minimum absolute atomic E-state index is 0.0165. The molecule has 43 heavy (non-hydrogen) atoms. The van der Waals surface area contributed by atoms with Gasteiger partial charge < -0.3 is 20.5 Å². The average Bonchev–Trinajstić information content (AvgIpc) is 3.44. The van der Waals surface area contributed by atoms with Gasteiger partial charge >= 0.3 is 0 Å². The number of hydrogen-bond acceptors (Lipinski definition) is 9. The van der Waals surface area contributed by atoms with Crippen LogP contribution in [0.2, 0.25) is 0 Å². The van der Waals surface area contributed by atoms with Gasteiger partial charge in [0.15, 0.2) is 24.0 Å². The lowest BCUT2D eigenvalue weighted by atomic mass is 9.83. The number of nitrogens with zero attached hydrogens (tertiary/aromatic N) is 1. The summed E-state index contributed by atoms with van der Waals surface area (Å²) in [4.78, 5) is 32.9. The first-order valence-electron chi connectivity index (χ1n) is 15.3. The minimum atomic E-state index is -0.156. The number of phenolic OH excluding ortho intramolecular Hbond substituents is 1. The molecule has 2 aromatic rings. The van der Waals surface area contributed by atoms with E-state index in [0.29, 0.717) is 36.5 Å². The van der Waals surface area contributed by atoms with Gasteiger partial charge in [0.2, 0.25) is 0 Å². The van der Waals surface area contributed by atoms with Crippen LogP contribution in [0.25, 0.3) is 6.08 Å². The Morgan fingerprint density at radius 3 is 2.88 bits per heavy atom. The highest BCUT2D eigenvalue weighted by Gasteiger charge is 2.43. The van der Waals surface area contributed by atoms with Crippen molar-refractivity contribution in [2.75, 3.05) is 37.9 Å². The van der Waals surface area contributed by atoms with Gasteiger partial charge in [0.1, 0.15) is 29.1 Å². The molecule has 4 N–H and O–H groups in total. The third kappa shape index (κ3) is 6.33. The van der Waals surface area contributed by atoms with Gasteiger partial charge in [0.25, 0.3) is 0 Å². The van der Waals surface area contributed by atoms with Gasteiger partial charge in [-0.15, -0.1) is 0 Å². The van der Waals surface area contributed by atoms with Gasteiger partial charge in [-0.2, -0.15) is 0 Å². The van der Waals surface area contributed by atoms with Crippen LogP contribution in [0.15, 0.2) is 42.4 Å². The number of methoxy groups -OCH3 is 1. The van der Waals surface area contributed by atoms with Crippen molar-refractivity contribution in [3.63, 3.8) is 0 Å². The summed E-state index contributed by atoms with van der Waals surface area (Å²) in [5, 5.41) is 17.8. The third-order valence-electron chi connectivity index (χ3n) is 9.34. The molecule has 6 rings (SSSR count). The van der Waals surface area contributed by atoms with Crippen LogP contribution in [0.5, 0.6) is 11.5 Å². The van der Waals surface area contributed by atoms with Crippen LogP contribution in [0.4, 0.5) is 5.82 Å². The topological polar surface area (TPSA) is 105 Å². The number of aromatic hydroxyl groups is 1. The van der Waals surface area contributed by atoms with E-state index in [4.69, 9.17) is 9.72 Å². The van der Waals surface area contributed by atoms with Crippen molar-refractivity contribution < 1.29 is 24.3 Å². The predicted octanol–water partition coefficient (Wildman–Crippen LogP) is 4.76. The second-order valence-electron chi connectivity index (χ2n) is 12.1. The van der Waals surface area contributed by atoms with E-state index in [9.17, 15) is 14.7 Å². The number of anilines is 1. The maximum absolute atomic E-state index is 13.5. The maximum atomic E-state index is 13.5. The lowest BCUT2D eigenvalue weighted by molar-refractivity contribution is -0.845. The molecule has 0 saturated heterocycles. The highest BCUT2D eigenvalue weighted by atomic mass is 33.1. The van der Waals surface area contributed by atoms with Crippen LogP contribution in [0, 0.1) is 5.92 Å². The van der Waals surface area contributed by atoms with Crippen LogP contribution >= 0.6 is 21.6 Å². The average molecular weight is 622 g/mol. The fourth-order valence-electron chi connectivity index (χ4n) is 6.76. The zero-order chi connectivity index (χ0) is 30.0. The summed E-state index contributed by atoms with van der Waals surface area (Å²) >= 11 is 0. The number of nitrogens with one attached hydrogen (secondary N) is 3. The minimum Gasteiger partial charge on any atom is -0.504 e. The zero-order valence-electron chi connectivity index (χ0n) is 24.9. The summed E-state index contributed by atoms with van der Waals surface area (Å²) in [6.07, 6.45) is 12.5. The molecule has 1 aromatic heterocycles. The lowest BCUT2D eigenvalue weighted by Gasteiger charge is -2.39. The van der Waals surface area contributed by atoms with Gasteiger partial charge in [-0.3, -0.25) is 14.5 Å². The monoisotopic (exact) mass is 621 g/mol. The number of aromatic nitrogens is 1. The number of ether oxygens (including phenoxy) is 1.